The number of nitrogens with one attached hydrogen (secondary N) is 3. The summed E-state index contributed by atoms with van der Waals surface area (Å²) in [6.45, 7) is 10.3. The highest BCUT2D eigenvalue weighted by Crippen LogP contribution is 2.21. The Morgan fingerprint density at radius 3 is 2.58 bits per heavy atom. The maximum Gasteiger partial charge on any atom is 0.317 e. The van der Waals surface area contributed by atoms with E-state index in [9.17, 15) is 4.79 Å². The van der Waals surface area contributed by atoms with E-state index in [2.05, 4.69) is 56.8 Å². The van der Waals surface area contributed by atoms with E-state index >= 15 is 0 Å². The first-order chi connectivity index (χ1) is 18.4. The number of piperazine rings is 1. The van der Waals surface area contributed by atoms with E-state index in [1.54, 1.807) is 6.20 Å². The minimum Gasteiger partial charge on any atom is -0.480 e. The average Bonchev–Trinajstić information content (AvgIpc) is 2.90. The molecule has 1 aliphatic rings. The molecule has 3 heterocycles. The van der Waals surface area contributed by atoms with Crippen LogP contribution in [0.2, 0.25) is 0 Å². The molecule has 0 atom stereocenters. The van der Waals surface area contributed by atoms with Crippen molar-refractivity contribution >= 4 is 23.4 Å². The summed E-state index contributed by atoms with van der Waals surface area (Å²) in [6, 6.07) is 14.6. The lowest BCUT2D eigenvalue weighted by atomic mass is 10.1. The highest BCUT2D eigenvalue weighted by molar-refractivity contribution is 5.69. The van der Waals surface area contributed by atoms with Gasteiger partial charge in [-0.15, -0.1) is 0 Å². The molecule has 3 aromatic rings. The molecule has 1 fully saturated rings. The second-order valence-electron chi connectivity index (χ2n) is 9.86. The Labute approximate surface area is 224 Å². The maximum atomic E-state index is 10.9. The van der Waals surface area contributed by atoms with Gasteiger partial charge in [-0.25, -0.2) is 15.0 Å². The van der Waals surface area contributed by atoms with Gasteiger partial charge in [-0.1, -0.05) is 26.0 Å². The summed E-state index contributed by atoms with van der Waals surface area (Å²) < 4.78 is 0. The van der Waals surface area contributed by atoms with E-state index in [1.165, 1.54) is 5.56 Å². The van der Waals surface area contributed by atoms with Gasteiger partial charge in [-0.2, -0.15) is 0 Å². The van der Waals surface area contributed by atoms with Gasteiger partial charge in [0.15, 0.2) is 0 Å². The minimum absolute atomic E-state index is 0.111. The largest absolute Gasteiger partial charge is 0.480 e. The Kier molecular flexibility index (Phi) is 9.97. The molecule has 0 bridgehead atoms. The zero-order valence-electron chi connectivity index (χ0n) is 22.2. The molecule has 10 nitrogen and oxygen atoms in total. The van der Waals surface area contributed by atoms with Gasteiger partial charge in [0, 0.05) is 69.0 Å². The smallest absolute Gasteiger partial charge is 0.317 e. The lowest BCUT2D eigenvalue weighted by Gasteiger charge is -2.33. The Morgan fingerprint density at radius 1 is 1.03 bits per heavy atom. The number of carbonyl (C=O) groups is 1. The molecule has 0 saturated carbocycles. The fraction of sp³-hybridized carbons (Fsp3) is 0.429. The molecule has 1 aromatic carbocycles. The van der Waals surface area contributed by atoms with E-state index in [4.69, 9.17) is 10.1 Å². The van der Waals surface area contributed by atoms with Crippen LogP contribution >= 0.6 is 0 Å². The van der Waals surface area contributed by atoms with Crippen LogP contribution in [0.5, 0.6) is 0 Å². The molecule has 4 rings (SSSR count). The number of anilines is 3. The number of pyridine rings is 1. The molecular weight excluding hydrogens is 480 g/mol. The third-order valence-electron chi connectivity index (χ3n) is 6.34. The first-order valence-corrected chi connectivity index (χ1v) is 13.2. The number of rotatable bonds is 13. The number of nitrogens with zero attached hydrogens (tertiary/aromatic N) is 5. The Hall–Kier alpha value is -3.60. The molecule has 0 amide bonds. The number of carboxylic acids is 1. The molecule has 0 spiro atoms. The van der Waals surface area contributed by atoms with E-state index in [1.807, 2.05) is 41.4 Å². The Balaban J connectivity index is 1.30. The Morgan fingerprint density at radius 2 is 1.84 bits per heavy atom. The van der Waals surface area contributed by atoms with Crippen molar-refractivity contribution in [3.8, 4) is 11.3 Å². The van der Waals surface area contributed by atoms with Gasteiger partial charge in [-0.3, -0.25) is 14.6 Å². The second-order valence-corrected chi connectivity index (χ2v) is 9.86. The predicted molar refractivity (Wildman–Crippen MR) is 151 cm³/mol. The van der Waals surface area contributed by atoms with Gasteiger partial charge >= 0.3 is 5.97 Å². The first kappa shape index (κ1) is 27.4. The van der Waals surface area contributed by atoms with Crippen LogP contribution in [-0.2, 0) is 11.3 Å². The summed E-state index contributed by atoms with van der Waals surface area (Å²) >= 11 is 0. The van der Waals surface area contributed by atoms with Crippen LogP contribution in [0.4, 0.5) is 17.5 Å². The lowest BCUT2D eigenvalue weighted by Crippen LogP contribution is -2.47. The van der Waals surface area contributed by atoms with Crippen molar-refractivity contribution in [3.05, 3.63) is 60.4 Å². The fourth-order valence-corrected chi connectivity index (χ4v) is 4.36. The summed E-state index contributed by atoms with van der Waals surface area (Å²) in [5, 5.41) is 19.1. The van der Waals surface area contributed by atoms with E-state index in [-0.39, 0.29) is 6.54 Å². The summed E-state index contributed by atoms with van der Waals surface area (Å²) in [5.41, 5.74) is 3.84. The van der Waals surface area contributed by atoms with Crippen molar-refractivity contribution in [3.63, 3.8) is 0 Å². The van der Waals surface area contributed by atoms with Gasteiger partial charge in [0.05, 0.1) is 12.2 Å². The zero-order valence-corrected chi connectivity index (χ0v) is 22.2. The third-order valence-corrected chi connectivity index (χ3v) is 6.34. The van der Waals surface area contributed by atoms with Crippen molar-refractivity contribution in [2.24, 2.45) is 0 Å². The molecule has 1 saturated heterocycles. The van der Waals surface area contributed by atoms with Crippen LogP contribution in [0.3, 0.4) is 0 Å². The molecule has 2 aromatic heterocycles. The van der Waals surface area contributed by atoms with Crippen molar-refractivity contribution in [1.82, 2.24) is 30.1 Å². The molecule has 1 aliphatic heterocycles. The van der Waals surface area contributed by atoms with Gasteiger partial charge in [-0.05, 0) is 48.9 Å². The SMILES string of the molecule is CC(C)NCCCNc1ccc(-c2ccnc(Nc3cccc(CN4CCN(CC(=O)O)CC4)c3)n2)cn1. The molecule has 10 heteroatoms. The van der Waals surface area contributed by atoms with Crippen LogP contribution in [-0.4, -0.2) is 87.7 Å². The van der Waals surface area contributed by atoms with Gasteiger partial charge < -0.3 is 21.1 Å². The quantitative estimate of drug-likeness (QED) is 0.251. The number of aromatic nitrogens is 3. The maximum absolute atomic E-state index is 10.9. The monoisotopic (exact) mass is 518 g/mol. The van der Waals surface area contributed by atoms with E-state index < -0.39 is 5.97 Å². The lowest BCUT2D eigenvalue weighted by molar-refractivity contribution is -0.138. The highest BCUT2D eigenvalue weighted by atomic mass is 16.4. The Bertz CT molecular complexity index is 1160. The van der Waals surface area contributed by atoms with Crippen molar-refractivity contribution < 1.29 is 9.90 Å². The minimum atomic E-state index is -0.769. The van der Waals surface area contributed by atoms with Crippen molar-refractivity contribution in [1.29, 1.82) is 0 Å². The van der Waals surface area contributed by atoms with Gasteiger partial charge in [0.1, 0.15) is 5.82 Å². The number of benzene rings is 1. The predicted octanol–water partition coefficient (Wildman–Crippen LogP) is 3.28. The number of carboxylic acid groups (broad SMARTS) is 1. The normalized spacial score (nSPS) is 14.5. The fourth-order valence-electron chi connectivity index (χ4n) is 4.36. The third kappa shape index (κ3) is 8.76. The summed E-state index contributed by atoms with van der Waals surface area (Å²) in [6.07, 6.45) is 4.61. The van der Waals surface area contributed by atoms with Crippen molar-refractivity contribution in [2.75, 3.05) is 56.4 Å². The molecule has 0 radical (unpaired) electrons. The molecule has 0 aliphatic carbocycles. The van der Waals surface area contributed by atoms with Gasteiger partial charge in [0.25, 0.3) is 0 Å². The summed E-state index contributed by atoms with van der Waals surface area (Å²) in [4.78, 5) is 28.9. The first-order valence-electron chi connectivity index (χ1n) is 13.2. The van der Waals surface area contributed by atoms with Crippen molar-refractivity contribution in [2.45, 2.75) is 32.9 Å². The summed E-state index contributed by atoms with van der Waals surface area (Å²) in [7, 11) is 0. The van der Waals surface area contributed by atoms with Crippen LogP contribution < -0.4 is 16.0 Å². The molecule has 0 unspecified atom stereocenters. The standard InChI is InChI=1S/C28H38N8O2/c1-21(2)29-10-4-11-30-26-8-7-23(18-32-26)25-9-12-31-28(34-25)33-24-6-3-5-22(17-24)19-35-13-15-36(16-14-35)20-27(37)38/h3,5-9,12,17-18,21,29H,4,10-11,13-16,19-20H2,1-2H3,(H,30,32)(H,37,38)(H,31,33,34). The zero-order chi connectivity index (χ0) is 26.7. The number of hydrogen-bond donors (Lipinski definition) is 4. The molecular formula is C28H38N8O2. The highest BCUT2D eigenvalue weighted by Gasteiger charge is 2.18. The van der Waals surface area contributed by atoms with Gasteiger partial charge in [0.2, 0.25) is 5.95 Å². The van der Waals surface area contributed by atoms with E-state index in [0.717, 1.165) is 75.0 Å². The summed E-state index contributed by atoms with van der Waals surface area (Å²) in [5.74, 6) is 0.613. The van der Waals surface area contributed by atoms with Crippen LogP contribution in [0.1, 0.15) is 25.8 Å². The topological polar surface area (TPSA) is 119 Å². The van der Waals surface area contributed by atoms with E-state index in [0.29, 0.717) is 12.0 Å². The molecule has 202 valence electrons. The van der Waals surface area contributed by atoms with Crippen LogP contribution in [0.15, 0.2) is 54.9 Å². The number of aliphatic carboxylic acids is 1. The average molecular weight is 519 g/mol. The molecule has 4 N–H and O–H groups in total. The second kappa shape index (κ2) is 13.8. The van der Waals surface area contributed by atoms with Crippen LogP contribution in [0.25, 0.3) is 11.3 Å². The van der Waals surface area contributed by atoms with Crippen LogP contribution in [0, 0.1) is 0 Å². The molecule has 38 heavy (non-hydrogen) atoms. The number of hydrogen-bond acceptors (Lipinski definition) is 9.